The quantitative estimate of drug-likeness (QED) is 0.771. The van der Waals surface area contributed by atoms with Crippen molar-refractivity contribution in [3.63, 3.8) is 0 Å². The summed E-state index contributed by atoms with van der Waals surface area (Å²) < 4.78 is 4.71. The van der Waals surface area contributed by atoms with E-state index in [9.17, 15) is 9.59 Å². The highest BCUT2D eigenvalue weighted by atomic mass is 16.5. The van der Waals surface area contributed by atoms with Crippen LogP contribution in [0, 0.1) is 6.92 Å². The van der Waals surface area contributed by atoms with E-state index in [1.807, 2.05) is 0 Å². The minimum absolute atomic E-state index is 0.290. The molecule has 3 N–H and O–H groups in total. The van der Waals surface area contributed by atoms with Crippen LogP contribution in [0.25, 0.3) is 0 Å². The molecule has 120 valence electrons. The molecular weight excluding hydrogens is 284 g/mol. The third-order valence-corrected chi connectivity index (χ3v) is 3.81. The van der Waals surface area contributed by atoms with E-state index < -0.39 is 0 Å². The molecule has 1 amide bonds. The van der Waals surface area contributed by atoms with E-state index in [-0.39, 0.29) is 11.9 Å². The van der Waals surface area contributed by atoms with Gasteiger partial charge in [-0.25, -0.2) is 9.78 Å². The monoisotopic (exact) mass is 306 g/mol. The number of anilines is 1. The number of carbonyl (C=O) groups excluding carboxylic acids is 2. The molecule has 0 saturated carbocycles. The summed E-state index contributed by atoms with van der Waals surface area (Å²) in [5.74, 6) is 0.0805. The second-order valence-corrected chi connectivity index (χ2v) is 5.48. The van der Waals surface area contributed by atoms with Gasteiger partial charge in [-0.1, -0.05) is 0 Å². The van der Waals surface area contributed by atoms with Crippen molar-refractivity contribution in [2.75, 3.05) is 32.1 Å². The zero-order chi connectivity index (χ0) is 16.1. The number of rotatable bonds is 5. The molecule has 1 aromatic heterocycles. The van der Waals surface area contributed by atoms with E-state index in [2.05, 4.69) is 15.2 Å². The summed E-state index contributed by atoms with van der Waals surface area (Å²) >= 11 is 0. The van der Waals surface area contributed by atoms with Crippen LogP contribution in [0.3, 0.4) is 0 Å². The molecule has 1 fully saturated rings. The lowest BCUT2D eigenvalue weighted by Crippen LogP contribution is -2.43. The van der Waals surface area contributed by atoms with Gasteiger partial charge in [0, 0.05) is 19.1 Å². The number of amides is 1. The number of piperidine rings is 1. The molecule has 1 aliphatic rings. The number of hydrogen-bond donors (Lipinski definition) is 2. The number of methoxy groups -OCH3 is 1. The highest BCUT2D eigenvalue weighted by molar-refractivity contribution is 5.90. The van der Waals surface area contributed by atoms with Crippen molar-refractivity contribution < 1.29 is 14.3 Å². The van der Waals surface area contributed by atoms with E-state index in [0.29, 0.717) is 23.8 Å². The maximum absolute atomic E-state index is 11.5. The Morgan fingerprint density at radius 3 is 2.64 bits per heavy atom. The molecule has 0 aromatic carbocycles. The Morgan fingerprint density at radius 2 is 2.09 bits per heavy atom. The molecular formula is C15H22N4O3. The van der Waals surface area contributed by atoms with Gasteiger partial charge < -0.3 is 15.8 Å². The van der Waals surface area contributed by atoms with Gasteiger partial charge in [0.2, 0.25) is 5.91 Å². The van der Waals surface area contributed by atoms with E-state index in [4.69, 9.17) is 10.5 Å². The first-order chi connectivity index (χ1) is 10.5. The number of aromatic nitrogens is 1. The van der Waals surface area contributed by atoms with E-state index >= 15 is 0 Å². The Bertz CT molecular complexity index is 554. The number of carbonyl (C=O) groups is 2. The van der Waals surface area contributed by atoms with E-state index in [1.165, 1.54) is 7.11 Å². The van der Waals surface area contributed by atoms with Crippen LogP contribution in [0.2, 0.25) is 0 Å². The van der Waals surface area contributed by atoms with Gasteiger partial charge in [-0.15, -0.1) is 0 Å². The Morgan fingerprint density at radius 1 is 1.41 bits per heavy atom. The second-order valence-electron chi connectivity index (χ2n) is 5.48. The van der Waals surface area contributed by atoms with Crippen LogP contribution in [-0.2, 0) is 9.53 Å². The molecule has 0 unspecified atom stereocenters. The van der Waals surface area contributed by atoms with Crippen molar-refractivity contribution in [1.82, 2.24) is 9.88 Å². The number of nitrogens with zero attached hydrogens (tertiary/aromatic N) is 2. The predicted molar refractivity (Wildman–Crippen MR) is 82.6 cm³/mol. The number of ether oxygens (including phenoxy) is 1. The number of likely N-dealkylation sites (tertiary alicyclic amines) is 1. The fraction of sp³-hybridized carbons (Fsp3) is 0.533. The van der Waals surface area contributed by atoms with Crippen LogP contribution in [0.5, 0.6) is 0 Å². The molecule has 0 atom stereocenters. The van der Waals surface area contributed by atoms with Crippen LogP contribution in [-0.4, -0.2) is 54.5 Å². The van der Waals surface area contributed by atoms with Crippen molar-refractivity contribution >= 4 is 17.7 Å². The summed E-state index contributed by atoms with van der Waals surface area (Å²) in [5, 5.41) is 3.37. The molecule has 22 heavy (non-hydrogen) atoms. The zero-order valence-corrected chi connectivity index (χ0v) is 13.0. The number of hydrogen-bond acceptors (Lipinski definition) is 6. The predicted octanol–water partition coefficient (Wildman–Crippen LogP) is 0.538. The molecule has 7 nitrogen and oxygen atoms in total. The first-order valence-electron chi connectivity index (χ1n) is 7.32. The molecule has 1 aliphatic heterocycles. The van der Waals surface area contributed by atoms with Gasteiger partial charge in [0.1, 0.15) is 5.82 Å². The van der Waals surface area contributed by atoms with Crippen LogP contribution in [0.4, 0.5) is 5.82 Å². The van der Waals surface area contributed by atoms with Crippen molar-refractivity contribution in [3.05, 3.63) is 23.4 Å². The molecule has 7 heteroatoms. The molecule has 0 spiro atoms. The van der Waals surface area contributed by atoms with Gasteiger partial charge in [0.15, 0.2) is 0 Å². The maximum Gasteiger partial charge on any atom is 0.339 e. The van der Waals surface area contributed by atoms with Crippen molar-refractivity contribution in [3.8, 4) is 0 Å². The number of pyridine rings is 1. The van der Waals surface area contributed by atoms with Crippen LogP contribution in [0.1, 0.15) is 28.9 Å². The van der Waals surface area contributed by atoms with Gasteiger partial charge in [-0.05, 0) is 31.9 Å². The first kappa shape index (κ1) is 16.2. The highest BCUT2D eigenvalue weighted by Gasteiger charge is 2.20. The molecule has 0 aliphatic carbocycles. The van der Waals surface area contributed by atoms with Crippen molar-refractivity contribution in [2.45, 2.75) is 25.8 Å². The summed E-state index contributed by atoms with van der Waals surface area (Å²) in [5.41, 5.74) is 6.32. The van der Waals surface area contributed by atoms with Gasteiger partial charge in [0.05, 0.1) is 24.9 Å². The Hall–Kier alpha value is -2.15. The normalized spacial score (nSPS) is 16.3. The molecule has 1 aromatic rings. The summed E-state index contributed by atoms with van der Waals surface area (Å²) in [6.07, 6.45) is 1.85. The van der Waals surface area contributed by atoms with Crippen LogP contribution >= 0.6 is 0 Å². The number of nitrogens with one attached hydrogen (secondary N) is 1. The van der Waals surface area contributed by atoms with Gasteiger partial charge in [-0.2, -0.15) is 0 Å². The van der Waals surface area contributed by atoms with Crippen molar-refractivity contribution in [1.29, 1.82) is 0 Å². The summed E-state index contributed by atoms with van der Waals surface area (Å²) in [4.78, 5) is 28.9. The fourth-order valence-electron chi connectivity index (χ4n) is 2.63. The molecule has 2 heterocycles. The average Bonchev–Trinajstić information content (AvgIpc) is 2.48. The first-order valence-corrected chi connectivity index (χ1v) is 7.32. The Balaban J connectivity index is 1.91. The van der Waals surface area contributed by atoms with Crippen LogP contribution < -0.4 is 11.1 Å². The van der Waals surface area contributed by atoms with Gasteiger partial charge in [-0.3, -0.25) is 9.69 Å². The summed E-state index contributed by atoms with van der Waals surface area (Å²) in [6, 6.07) is 3.81. The lowest BCUT2D eigenvalue weighted by Gasteiger charge is -2.31. The standard InChI is InChI=1S/C15H22N4O3/c1-10-12(15(21)22-2)3-4-14(17-10)18-11-5-7-19(8-6-11)9-13(16)20/h3-4,11H,5-9H2,1-2H3,(H2,16,20)(H,17,18). The second kappa shape index (κ2) is 7.22. The van der Waals surface area contributed by atoms with E-state index in [0.717, 1.165) is 31.7 Å². The number of nitrogens with two attached hydrogens (primary N) is 1. The molecule has 2 rings (SSSR count). The Labute approximate surface area is 129 Å². The Kier molecular flexibility index (Phi) is 5.32. The average molecular weight is 306 g/mol. The molecule has 1 saturated heterocycles. The summed E-state index contributed by atoms with van der Waals surface area (Å²) in [6.45, 7) is 3.77. The zero-order valence-electron chi connectivity index (χ0n) is 13.0. The smallest absolute Gasteiger partial charge is 0.339 e. The number of primary amides is 1. The topological polar surface area (TPSA) is 97.5 Å². The molecule has 0 bridgehead atoms. The minimum Gasteiger partial charge on any atom is -0.465 e. The van der Waals surface area contributed by atoms with E-state index in [1.54, 1.807) is 19.1 Å². The fourth-order valence-corrected chi connectivity index (χ4v) is 2.63. The number of esters is 1. The largest absolute Gasteiger partial charge is 0.465 e. The van der Waals surface area contributed by atoms with Gasteiger partial charge >= 0.3 is 5.97 Å². The van der Waals surface area contributed by atoms with Crippen molar-refractivity contribution in [2.24, 2.45) is 5.73 Å². The summed E-state index contributed by atoms with van der Waals surface area (Å²) in [7, 11) is 1.35. The third-order valence-electron chi connectivity index (χ3n) is 3.81. The van der Waals surface area contributed by atoms with Crippen LogP contribution in [0.15, 0.2) is 12.1 Å². The van der Waals surface area contributed by atoms with Gasteiger partial charge in [0.25, 0.3) is 0 Å². The maximum atomic E-state index is 11.5. The highest BCUT2D eigenvalue weighted by Crippen LogP contribution is 2.17. The minimum atomic E-state index is -0.378. The SMILES string of the molecule is COC(=O)c1ccc(NC2CCN(CC(N)=O)CC2)nc1C. The lowest BCUT2D eigenvalue weighted by atomic mass is 10.0. The number of aryl methyl sites for hydroxylation is 1. The lowest BCUT2D eigenvalue weighted by molar-refractivity contribution is -0.119. The third kappa shape index (κ3) is 4.17. The molecule has 0 radical (unpaired) electrons.